The van der Waals surface area contributed by atoms with Crippen molar-refractivity contribution in [2.45, 2.75) is 25.9 Å². The molecule has 0 N–H and O–H groups in total. The van der Waals surface area contributed by atoms with E-state index in [-0.39, 0.29) is 24.0 Å². The summed E-state index contributed by atoms with van der Waals surface area (Å²) in [5, 5.41) is 1.13. The zero-order valence-electron chi connectivity index (χ0n) is 13.3. The summed E-state index contributed by atoms with van der Waals surface area (Å²) in [6, 6.07) is 7.66. The van der Waals surface area contributed by atoms with Crippen LogP contribution in [0.15, 0.2) is 35.7 Å². The maximum absolute atomic E-state index is 12.5. The average Bonchev–Trinajstić information content (AvgIpc) is 3.09. The molecule has 2 aliphatic heterocycles. The molecule has 0 aromatic heterocycles. The molecule has 6 nitrogen and oxygen atoms in total. The fraction of sp³-hybridized carbons (Fsp3) is 0.412. The van der Waals surface area contributed by atoms with Crippen molar-refractivity contribution in [2.24, 2.45) is 5.92 Å². The minimum absolute atomic E-state index is 0.0378. The molecule has 1 aromatic rings. The van der Waals surface area contributed by atoms with E-state index < -0.39 is 21.9 Å². The number of carbonyl (C=O) groups is 2. The van der Waals surface area contributed by atoms with Gasteiger partial charge in [-0.15, -0.1) is 0 Å². The summed E-state index contributed by atoms with van der Waals surface area (Å²) in [5.74, 6) is -1.28. The van der Waals surface area contributed by atoms with Crippen molar-refractivity contribution >= 4 is 27.4 Å². The SMILES string of the molecule is CC(OC(=O)CC1C=CS(=O)(=O)C1)C(=O)N1CCc2ccccc21. The van der Waals surface area contributed by atoms with E-state index in [1.54, 1.807) is 11.8 Å². The van der Waals surface area contributed by atoms with E-state index in [9.17, 15) is 18.0 Å². The van der Waals surface area contributed by atoms with Crippen LogP contribution in [0.1, 0.15) is 18.9 Å². The van der Waals surface area contributed by atoms with Crippen LogP contribution in [0.5, 0.6) is 0 Å². The van der Waals surface area contributed by atoms with Crippen molar-refractivity contribution in [2.75, 3.05) is 17.2 Å². The number of amides is 1. The Hall–Kier alpha value is -2.15. The van der Waals surface area contributed by atoms with Gasteiger partial charge >= 0.3 is 5.97 Å². The first-order valence-corrected chi connectivity index (χ1v) is 9.57. The number of nitrogens with zero attached hydrogens (tertiary/aromatic N) is 1. The number of allylic oxidation sites excluding steroid dienone is 1. The molecule has 2 aliphatic rings. The van der Waals surface area contributed by atoms with E-state index in [2.05, 4.69) is 0 Å². The van der Waals surface area contributed by atoms with Gasteiger partial charge in [0, 0.05) is 23.6 Å². The smallest absolute Gasteiger partial charge is 0.307 e. The number of anilines is 1. The van der Waals surface area contributed by atoms with E-state index in [0.717, 1.165) is 23.1 Å². The Kier molecular flexibility index (Phi) is 4.45. The number of ether oxygens (including phenoxy) is 1. The molecule has 1 aromatic carbocycles. The standard InChI is InChI=1S/C17H19NO5S/c1-12(23-16(19)10-13-7-9-24(21,22)11-13)17(20)18-8-6-14-4-2-3-5-15(14)18/h2-5,7,9,12-13H,6,8,10-11H2,1H3. The van der Waals surface area contributed by atoms with Gasteiger partial charge in [0.05, 0.1) is 12.2 Å². The maximum Gasteiger partial charge on any atom is 0.307 e. The fourth-order valence-corrected chi connectivity index (χ4v) is 4.46. The van der Waals surface area contributed by atoms with Gasteiger partial charge in [-0.25, -0.2) is 8.42 Å². The molecule has 128 valence electrons. The van der Waals surface area contributed by atoms with E-state index in [0.29, 0.717) is 6.54 Å². The van der Waals surface area contributed by atoms with Crippen molar-refractivity contribution in [3.8, 4) is 0 Å². The zero-order chi connectivity index (χ0) is 17.3. The number of hydrogen-bond donors (Lipinski definition) is 0. The lowest BCUT2D eigenvalue weighted by atomic mass is 10.1. The van der Waals surface area contributed by atoms with E-state index in [4.69, 9.17) is 4.74 Å². The van der Waals surface area contributed by atoms with Crippen molar-refractivity contribution in [1.29, 1.82) is 0 Å². The van der Waals surface area contributed by atoms with Crippen LogP contribution in [0, 0.1) is 5.92 Å². The second kappa shape index (κ2) is 6.39. The van der Waals surface area contributed by atoms with Crippen molar-refractivity contribution in [3.05, 3.63) is 41.3 Å². The third kappa shape index (κ3) is 3.51. The molecule has 0 spiro atoms. The molecule has 7 heteroatoms. The number of rotatable bonds is 4. The van der Waals surface area contributed by atoms with Gasteiger partial charge < -0.3 is 9.64 Å². The normalized spacial score (nSPS) is 22.2. The van der Waals surface area contributed by atoms with Gasteiger partial charge in [0.2, 0.25) is 0 Å². The Morgan fingerprint density at radius 1 is 1.33 bits per heavy atom. The Balaban J connectivity index is 1.57. The number of fused-ring (bicyclic) bond motifs is 1. The third-order valence-electron chi connectivity index (χ3n) is 4.24. The summed E-state index contributed by atoms with van der Waals surface area (Å²) in [5.41, 5.74) is 1.96. The minimum Gasteiger partial charge on any atom is -0.453 e. The topological polar surface area (TPSA) is 80.8 Å². The monoisotopic (exact) mass is 349 g/mol. The quantitative estimate of drug-likeness (QED) is 0.769. The highest BCUT2D eigenvalue weighted by atomic mass is 32.2. The molecule has 1 amide bonds. The summed E-state index contributed by atoms with van der Waals surface area (Å²) in [4.78, 5) is 26.1. The van der Waals surface area contributed by atoms with Gasteiger partial charge in [0.1, 0.15) is 0 Å². The highest BCUT2D eigenvalue weighted by Crippen LogP contribution is 2.28. The highest BCUT2D eigenvalue weighted by molar-refractivity contribution is 7.94. The molecule has 0 radical (unpaired) electrons. The summed E-state index contributed by atoms with van der Waals surface area (Å²) < 4.78 is 27.9. The second-order valence-electron chi connectivity index (χ2n) is 6.12. The molecule has 0 saturated carbocycles. The van der Waals surface area contributed by atoms with Crippen LogP contribution in [0.3, 0.4) is 0 Å². The molecular weight excluding hydrogens is 330 g/mol. The lowest BCUT2D eigenvalue weighted by Crippen LogP contribution is -2.39. The molecule has 0 aliphatic carbocycles. The minimum atomic E-state index is -3.20. The predicted octanol–water partition coefficient (Wildman–Crippen LogP) is 1.46. The van der Waals surface area contributed by atoms with Crippen LogP contribution in [0.4, 0.5) is 5.69 Å². The van der Waals surface area contributed by atoms with E-state index in [1.807, 2.05) is 24.3 Å². The van der Waals surface area contributed by atoms with Gasteiger partial charge in [0.25, 0.3) is 5.91 Å². The van der Waals surface area contributed by atoms with Crippen LogP contribution < -0.4 is 4.90 Å². The van der Waals surface area contributed by atoms with E-state index in [1.165, 1.54) is 6.08 Å². The molecule has 2 atom stereocenters. The van der Waals surface area contributed by atoms with Crippen LogP contribution in [-0.4, -0.2) is 38.7 Å². The molecule has 2 unspecified atom stereocenters. The molecule has 0 bridgehead atoms. The third-order valence-corrected chi connectivity index (χ3v) is 5.71. The van der Waals surface area contributed by atoms with Crippen molar-refractivity contribution in [1.82, 2.24) is 0 Å². The molecule has 3 rings (SSSR count). The zero-order valence-corrected chi connectivity index (χ0v) is 14.2. The van der Waals surface area contributed by atoms with Crippen molar-refractivity contribution < 1.29 is 22.7 Å². The Labute approximate surface area is 141 Å². The van der Waals surface area contributed by atoms with E-state index >= 15 is 0 Å². The molecule has 0 saturated heterocycles. The average molecular weight is 349 g/mol. The largest absolute Gasteiger partial charge is 0.453 e. The summed E-state index contributed by atoms with van der Waals surface area (Å²) in [7, 11) is -3.20. The second-order valence-corrected chi connectivity index (χ2v) is 8.05. The first-order chi connectivity index (χ1) is 11.4. The van der Waals surface area contributed by atoms with Crippen LogP contribution in [-0.2, 0) is 30.6 Å². The maximum atomic E-state index is 12.5. The molecule has 24 heavy (non-hydrogen) atoms. The van der Waals surface area contributed by atoms with Gasteiger partial charge in [-0.1, -0.05) is 24.3 Å². The van der Waals surface area contributed by atoms with Crippen LogP contribution >= 0.6 is 0 Å². The van der Waals surface area contributed by atoms with Crippen LogP contribution in [0.25, 0.3) is 0 Å². The summed E-state index contributed by atoms with van der Waals surface area (Å²) in [6.07, 6.45) is 1.35. The number of sulfone groups is 1. The number of carbonyl (C=O) groups excluding carboxylic acids is 2. The first-order valence-electron chi connectivity index (χ1n) is 7.85. The number of hydrogen-bond acceptors (Lipinski definition) is 5. The van der Waals surface area contributed by atoms with Gasteiger partial charge in [-0.05, 0) is 25.0 Å². The van der Waals surface area contributed by atoms with Gasteiger partial charge in [-0.3, -0.25) is 9.59 Å². The predicted molar refractivity (Wildman–Crippen MR) is 89.1 cm³/mol. The van der Waals surface area contributed by atoms with Gasteiger partial charge in [0.15, 0.2) is 15.9 Å². The Morgan fingerprint density at radius 2 is 2.08 bits per heavy atom. The number of esters is 1. The lowest BCUT2D eigenvalue weighted by molar-refractivity contribution is -0.154. The highest BCUT2D eigenvalue weighted by Gasteiger charge is 2.31. The Morgan fingerprint density at radius 3 is 2.79 bits per heavy atom. The molecule has 2 heterocycles. The lowest BCUT2D eigenvalue weighted by Gasteiger charge is -2.22. The molecule has 0 fully saturated rings. The summed E-state index contributed by atoms with van der Waals surface area (Å²) >= 11 is 0. The summed E-state index contributed by atoms with van der Waals surface area (Å²) in [6.45, 7) is 2.12. The number of benzene rings is 1. The number of para-hydroxylation sites is 1. The Bertz CT molecular complexity index is 799. The van der Waals surface area contributed by atoms with Crippen molar-refractivity contribution in [3.63, 3.8) is 0 Å². The fourth-order valence-electron chi connectivity index (χ4n) is 3.06. The molecular formula is C17H19NO5S. The van der Waals surface area contributed by atoms with Gasteiger partial charge in [-0.2, -0.15) is 0 Å². The first kappa shape index (κ1) is 16.7. The van der Waals surface area contributed by atoms with Crippen LogP contribution in [0.2, 0.25) is 0 Å².